The predicted octanol–water partition coefficient (Wildman–Crippen LogP) is 8.95. The highest BCUT2D eigenvalue weighted by Crippen LogP contribution is 2.41. The average Bonchev–Trinajstić information content (AvgIpc) is 3.58. The van der Waals surface area contributed by atoms with Crippen molar-refractivity contribution in [1.29, 1.82) is 0 Å². The summed E-state index contributed by atoms with van der Waals surface area (Å²) < 4.78 is 4.74. The molecule has 9 aromatic rings. The highest BCUT2D eigenvalue weighted by atomic mass is 15.1. The van der Waals surface area contributed by atoms with Gasteiger partial charge in [0.25, 0.3) is 0 Å². The van der Waals surface area contributed by atoms with Crippen molar-refractivity contribution < 1.29 is 0 Å². The van der Waals surface area contributed by atoms with E-state index < -0.39 is 0 Å². The lowest BCUT2D eigenvalue weighted by molar-refractivity contribution is 1.14. The molecule has 5 aromatic carbocycles. The first kappa shape index (κ1) is 21.5. The second-order valence-corrected chi connectivity index (χ2v) is 10.3. The molecule has 0 spiro atoms. The molecular weight excluding hydrogens is 488 g/mol. The van der Waals surface area contributed by atoms with Crippen LogP contribution in [0.5, 0.6) is 0 Å². The zero-order valence-corrected chi connectivity index (χ0v) is 21.5. The Labute approximate surface area is 229 Å². The molecule has 0 radical (unpaired) electrons. The van der Waals surface area contributed by atoms with Crippen LogP contribution < -0.4 is 0 Å². The van der Waals surface area contributed by atoms with Crippen LogP contribution >= 0.6 is 0 Å². The van der Waals surface area contributed by atoms with E-state index in [4.69, 9.17) is 9.97 Å². The smallest absolute Gasteiger partial charge is 0.146 e. The number of hydrogen-bond donors (Lipinski definition) is 0. The lowest BCUT2D eigenvalue weighted by Gasteiger charge is -2.14. The van der Waals surface area contributed by atoms with Crippen LogP contribution in [0.2, 0.25) is 0 Å². The van der Waals surface area contributed by atoms with Gasteiger partial charge in [-0.25, -0.2) is 4.98 Å². The third kappa shape index (κ3) is 2.85. The maximum absolute atomic E-state index is 5.15. The van der Waals surface area contributed by atoms with Gasteiger partial charge in [0, 0.05) is 33.3 Å². The molecule has 0 aliphatic heterocycles. The molecule has 0 atom stereocenters. The molecule has 0 unspecified atom stereocenters. The fourth-order valence-corrected chi connectivity index (χ4v) is 6.44. The number of nitrogens with zero attached hydrogens (tertiary/aromatic N) is 4. The molecule has 4 heterocycles. The summed E-state index contributed by atoms with van der Waals surface area (Å²) in [7, 11) is 0. The molecule has 0 bridgehead atoms. The van der Waals surface area contributed by atoms with E-state index in [9.17, 15) is 0 Å². The average molecular weight is 511 g/mol. The van der Waals surface area contributed by atoms with Crippen LogP contribution in [0.4, 0.5) is 0 Å². The number of aromatic nitrogens is 4. The molecule has 9 rings (SSSR count). The van der Waals surface area contributed by atoms with E-state index in [1.807, 2.05) is 18.5 Å². The van der Waals surface area contributed by atoms with E-state index in [2.05, 4.69) is 124 Å². The summed E-state index contributed by atoms with van der Waals surface area (Å²) in [5, 5.41) is 5.99. The van der Waals surface area contributed by atoms with Crippen LogP contribution in [-0.2, 0) is 0 Å². The summed E-state index contributed by atoms with van der Waals surface area (Å²) in [5.74, 6) is 0. The van der Waals surface area contributed by atoms with E-state index >= 15 is 0 Å². The van der Waals surface area contributed by atoms with E-state index in [1.54, 1.807) is 0 Å². The topological polar surface area (TPSA) is 35.1 Å². The molecule has 0 aliphatic carbocycles. The Hall–Kier alpha value is -5.48. The van der Waals surface area contributed by atoms with Gasteiger partial charge in [0.05, 0.1) is 39.5 Å². The van der Waals surface area contributed by atoms with E-state index in [1.165, 1.54) is 21.5 Å². The van der Waals surface area contributed by atoms with Crippen LogP contribution in [0.3, 0.4) is 0 Å². The Morgan fingerprint density at radius 3 is 2.00 bits per heavy atom. The first-order valence-corrected chi connectivity index (χ1v) is 13.5. The van der Waals surface area contributed by atoms with Crippen LogP contribution in [0.1, 0.15) is 0 Å². The van der Waals surface area contributed by atoms with Crippen molar-refractivity contribution in [3.63, 3.8) is 0 Å². The van der Waals surface area contributed by atoms with Gasteiger partial charge < -0.3 is 4.57 Å². The molecule has 0 aliphatic rings. The Morgan fingerprint density at radius 1 is 0.475 bits per heavy atom. The van der Waals surface area contributed by atoms with E-state index in [0.717, 1.165) is 55.4 Å². The molecular formula is C36H22N4. The monoisotopic (exact) mass is 510 g/mol. The SMILES string of the molecule is c1ccc(-c2cncc(-n3c4ccccc4c4ccc5c6ccccc6c6nc7ccccc7n6c5c43)c2)cc1. The quantitative estimate of drug-likeness (QED) is 0.218. The minimum atomic E-state index is 0.977. The van der Waals surface area contributed by atoms with Crippen LogP contribution in [-0.4, -0.2) is 18.9 Å². The number of para-hydroxylation sites is 3. The van der Waals surface area contributed by atoms with Gasteiger partial charge in [-0.2, -0.15) is 0 Å². The molecule has 0 fully saturated rings. The number of benzene rings is 5. The van der Waals surface area contributed by atoms with Gasteiger partial charge in [-0.15, -0.1) is 0 Å². The second kappa shape index (κ2) is 8.01. The lowest BCUT2D eigenvalue weighted by atomic mass is 10.0. The molecule has 40 heavy (non-hydrogen) atoms. The maximum Gasteiger partial charge on any atom is 0.146 e. The minimum absolute atomic E-state index is 0.977. The highest BCUT2D eigenvalue weighted by Gasteiger charge is 2.21. The summed E-state index contributed by atoms with van der Waals surface area (Å²) in [6.07, 6.45) is 3.92. The fraction of sp³-hybridized carbons (Fsp3) is 0. The summed E-state index contributed by atoms with van der Waals surface area (Å²) in [6, 6.07) is 43.0. The maximum atomic E-state index is 5.15. The third-order valence-corrected chi connectivity index (χ3v) is 8.14. The minimum Gasteiger partial charge on any atom is -0.306 e. The summed E-state index contributed by atoms with van der Waals surface area (Å²) in [5.41, 5.74) is 9.81. The van der Waals surface area contributed by atoms with Crippen molar-refractivity contribution in [2.24, 2.45) is 0 Å². The summed E-state index contributed by atoms with van der Waals surface area (Å²) >= 11 is 0. The molecule has 0 amide bonds. The van der Waals surface area contributed by atoms with E-state index in [-0.39, 0.29) is 0 Å². The molecule has 186 valence electrons. The first-order chi connectivity index (χ1) is 19.9. The van der Waals surface area contributed by atoms with Gasteiger partial charge in [0.1, 0.15) is 5.65 Å². The van der Waals surface area contributed by atoms with Gasteiger partial charge in [-0.05, 0) is 35.2 Å². The van der Waals surface area contributed by atoms with Gasteiger partial charge in [0.15, 0.2) is 0 Å². The van der Waals surface area contributed by atoms with Gasteiger partial charge >= 0.3 is 0 Å². The Balaban J connectivity index is 1.54. The van der Waals surface area contributed by atoms with Crippen molar-refractivity contribution in [1.82, 2.24) is 18.9 Å². The molecule has 0 saturated heterocycles. The Kier molecular flexibility index (Phi) is 4.30. The normalized spacial score (nSPS) is 12.0. The first-order valence-electron chi connectivity index (χ1n) is 13.5. The number of pyridine rings is 2. The molecule has 0 saturated carbocycles. The van der Waals surface area contributed by atoms with Crippen molar-refractivity contribution in [3.05, 3.63) is 134 Å². The van der Waals surface area contributed by atoms with Crippen molar-refractivity contribution in [3.8, 4) is 16.8 Å². The van der Waals surface area contributed by atoms with Gasteiger partial charge in [0.2, 0.25) is 0 Å². The van der Waals surface area contributed by atoms with E-state index in [0.29, 0.717) is 0 Å². The van der Waals surface area contributed by atoms with Crippen molar-refractivity contribution in [2.75, 3.05) is 0 Å². The lowest BCUT2D eigenvalue weighted by Crippen LogP contribution is -1.99. The standard InChI is InChI=1S/C36H22N4/c1-2-10-23(11-3-1)24-20-25(22-37-21-24)39-32-16-8-6-13-27(32)29-19-18-28-26-12-4-5-14-30(26)36-38-31-15-7-9-17-33(31)40(36)35(28)34(29)39/h1-22H. The fourth-order valence-electron chi connectivity index (χ4n) is 6.44. The zero-order valence-electron chi connectivity index (χ0n) is 21.5. The van der Waals surface area contributed by atoms with Crippen molar-refractivity contribution in [2.45, 2.75) is 0 Å². The Bertz CT molecular complexity index is 2430. The molecule has 4 heteroatoms. The predicted molar refractivity (Wildman–Crippen MR) is 165 cm³/mol. The zero-order chi connectivity index (χ0) is 26.2. The molecule has 0 N–H and O–H groups in total. The largest absolute Gasteiger partial charge is 0.306 e. The van der Waals surface area contributed by atoms with Gasteiger partial charge in [-0.1, -0.05) is 97.1 Å². The second-order valence-electron chi connectivity index (χ2n) is 10.3. The number of hydrogen-bond acceptors (Lipinski definition) is 2. The molecule has 4 aromatic heterocycles. The Morgan fingerprint density at radius 2 is 1.15 bits per heavy atom. The van der Waals surface area contributed by atoms with Gasteiger partial charge in [-0.3, -0.25) is 9.38 Å². The summed E-state index contributed by atoms with van der Waals surface area (Å²) in [6.45, 7) is 0. The van der Waals surface area contributed by atoms with Crippen LogP contribution in [0.15, 0.2) is 134 Å². The summed E-state index contributed by atoms with van der Waals surface area (Å²) in [4.78, 5) is 9.87. The van der Waals surface area contributed by atoms with Crippen LogP contribution in [0.25, 0.3) is 77.0 Å². The number of rotatable bonds is 2. The number of imidazole rings is 1. The molecule has 4 nitrogen and oxygen atoms in total. The van der Waals surface area contributed by atoms with Crippen LogP contribution in [0, 0.1) is 0 Å². The highest BCUT2D eigenvalue weighted by molar-refractivity contribution is 6.24. The van der Waals surface area contributed by atoms with Crippen molar-refractivity contribution >= 4 is 60.2 Å². The number of fused-ring (bicyclic) bond motifs is 12. The third-order valence-electron chi connectivity index (χ3n) is 8.14.